The van der Waals surface area contributed by atoms with Gasteiger partial charge in [-0.3, -0.25) is 0 Å². The summed E-state index contributed by atoms with van der Waals surface area (Å²) in [5.74, 6) is 0. The van der Waals surface area contributed by atoms with Crippen molar-refractivity contribution in [3.63, 3.8) is 0 Å². The normalized spacial score (nSPS) is 8.43. The van der Waals surface area contributed by atoms with Crippen molar-refractivity contribution in [3.8, 4) is 0 Å². The van der Waals surface area contributed by atoms with Gasteiger partial charge in [0.25, 0.3) is 0 Å². The number of hydrogen-bond acceptors (Lipinski definition) is 8. The summed E-state index contributed by atoms with van der Waals surface area (Å²) in [6.45, 7) is 0. The van der Waals surface area contributed by atoms with Gasteiger partial charge in [0.05, 0.1) is 0 Å². The maximum absolute atomic E-state index is 8.55. The molecule has 0 saturated heterocycles. The van der Waals surface area contributed by atoms with Crippen molar-refractivity contribution in [1.29, 1.82) is 0 Å². The van der Waals surface area contributed by atoms with Crippen LogP contribution in [-0.4, -0.2) is 0 Å². The second-order valence-corrected chi connectivity index (χ2v) is 2.68. The predicted octanol–water partition coefficient (Wildman–Crippen LogP) is -5.66. The molecule has 14 heavy (non-hydrogen) atoms. The van der Waals surface area contributed by atoms with Crippen LogP contribution in [0.3, 0.4) is 0 Å². The van der Waals surface area contributed by atoms with Gasteiger partial charge in [0, 0.05) is 19.5 Å². The summed E-state index contributed by atoms with van der Waals surface area (Å²) in [6, 6.07) is 0. The van der Waals surface area contributed by atoms with Crippen molar-refractivity contribution in [2.45, 2.75) is 0 Å². The van der Waals surface area contributed by atoms with Crippen LogP contribution in [0.15, 0.2) is 0 Å². The van der Waals surface area contributed by atoms with Crippen LogP contribution >= 0.6 is 15.6 Å². The molecular weight excluding hydrogens is 420 g/mol. The molecule has 0 aromatic heterocycles. The molecule has 14 heteroatoms. The van der Waals surface area contributed by atoms with Gasteiger partial charge in [-0.15, -0.1) is 0 Å². The molecule has 0 aliphatic rings. The first-order valence-electron chi connectivity index (χ1n) is 1.46. The molecular formula is Mn3O8P2Zn. The monoisotopic (exact) mass is 419 g/mol. The molecule has 3 radical (unpaired) electrons. The van der Waals surface area contributed by atoms with E-state index < -0.39 is 15.6 Å². The number of hydrogen-bond donors (Lipinski definition) is 0. The van der Waals surface area contributed by atoms with Crippen molar-refractivity contribution in [1.82, 2.24) is 0 Å². The molecule has 0 aromatic rings. The molecule has 0 amide bonds. The summed E-state index contributed by atoms with van der Waals surface area (Å²) < 4.78 is 17.1. The van der Waals surface area contributed by atoms with Gasteiger partial charge < -0.3 is 38.5 Å². The second kappa shape index (κ2) is 15.4. The summed E-state index contributed by atoms with van der Waals surface area (Å²) in [6.07, 6.45) is 0. The van der Waals surface area contributed by atoms with Crippen LogP contribution in [0.2, 0.25) is 0 Å². The van der Waals surface area contributed by atoms with E-state index in [2.05, 4.69) is 0 Å². The molecule has 81 valence electrons. The van der Waals surface area contributed by atoms with Crippen LogP contribution in [0.25, 0.3) is 0 Å². The first-order chi connectivity index (χ1) is 4.00. The summed E-state index contributed by atoms with van der Waals surface area (Å²) in [7, 11) is -10.8. The van der Waals surface area contributed by atoms with Crippen molar-refractivity contribution < 1.29 is 109 Å². The first-order valence-corrected chi connectivity index (χ1v) is 4.38. The van der Waals surface area contributed by atoms with E-state index in [1.165, 1.54) is 0 Å². The van der Waals surface area contributed by atoms with E-state index in [1.807, 2.05) is 0 Å². The van der Waals surface area contributed by atoms with Gasteiger partial charge in [-0.1, -0.05) is 0 Å². The molecule has 8 nitrogen and oxygen atoms in total. The Balaban J connectivity index is -0.0000000178. The van der Waals surface area contributed by atoms with Crippen LogP contribution in [-0.2, 0) is 79.8 Å². The minimum Gasteiger partial charge on any atom is -0.822 e. The molecule has 0 rings (SSSR count). The predicted molar refractivity (Wildman–Crippen MR) is 15.2 cm³/mol. The molecule has 0 heterocycles. The summed E-state index contributed by atoms with van der Waals surface area (Å²) in [5, 5.41) is 0. The molecule has 0 aliphatic carbocycles. The Morgan fingerprint density at radius 3 is 0.571 bits per heavy atom. The van der Waals surface area contributed by atoms with Crippen LogP contribution in [0.1, 0.15) is 0 Å². The Bertz CT molecular complexity index is 135. The van der Waals surface area contributed by atoms with Crippen LogP contribution in [0, 0.1) is 0 Å². The molecule has 0 aromatic carbocycles. The van der Waals surface area contributed by atoms with Gasteiger partial charge in [0.2, 0.25) is 0 Å². The second-order valence-electron chi connectivity index (χ2n) is 0.894. The Labute approximate surface area is 124 Å². The molecule has 0 bridgehead atoms. The van der Waals surface area contributed by atoms with Crippen molar-refractivity contribution in [2.24, 2.45) is 0 Å². The van der Waals surface area contributed by atoms with Gasteiger partial charge in [-0.25, -0.2) is 0 Å². The van der Waals surface area contributed by atoms with E-state index in [-0.39, 0.29) is 70.7 Å². The van der Waals surface area contributed by atoms with Crippen molar-refractivity contribution in [2.75, 3.05) is 0 Å². The Morgan fingerprint density at radius 1 is 0.571 bits per heavy atom. The zero-order valence-electron chi connectivity index (χ0n) is 6.00. The average molecular weight is 420 g/mol. The molecule has 0 fully saturated rings. The number of phosphoric acid groups is 2. The third-order valence-corrected chi connectivity index (χ3v) is 0. The fraction of sp³-hybridized carbons (Fsp3) is 0. The standard InChI is InChI=1S/3Mn.2H3O4P.Zn/c;;;2*1-5(2,3)4;/h;;;2*(H3,1,2,3,4);/q3*+2;;;/p-6. The number of rotatable bonds is 0. The topological polar surface area (TPSA) is 172 Å². The maximum atomic E-state index is 8.55. The van der Waals surface area contributed by atoms with Gasteiger partial charge in [-0.05, 0) is 0 Å². The van der Waals surface area contributed by atoms with E-state index >= 15 is 0 Å². The SMILES string of the molecule is O=P([O-])([O-])[O-].O=P([O-])([O-])[O-].[Mn+2].[Mn+2].[Mn+2].[Zn]. The molecule has 0 unspecified atom stereocenters. The third kappa shape index (κ3) is 448. The molecule has 0 N–H and O–H groups in total. The minimum atomic E-state index is -5.39. The molecule has 0 saturated carbocycles. The maximum Gasteiger partial charge on any atom is 2.00 e. The third-order valence-electron chi connectivity index (χ3n) is 0. The van der Waals surface area contributed by atoms with E-state index in [4.69, 9.17) is 38.5 Å². The first kappa shape index (κ1) is 36.0. The van der Waals surface area contributed by atoms with Gasteiger partial charge in [0.1, 0.15) is 0 Å². The minimum absolute atomic E-state index is 0. The van der Waals surface area contributed by atoms with E-state index in [9.17, 15) is 0 Å². The van der Waals surface area contributed by atoms with E-state index in [0.29, 0.717) is 0 Å². The zero-order chi connectivity index (χ0) is 9.00. The van der Waals surface area contributed by atoms with Gasteiger partial charge in [-0.2, -0.15) is 15.6 Å². The van der Waals surface area contributed by atoms with Crippen LogP contribution < -0.4 is 29.4 Å². The van der Waals surface area contributed by atoms with Gasteiger partial charge >= 0.3 is 51.2 Å². The van der Waals surface area contributed by atoms with Crippen LogP contribution in [0.5, 0.6) is 0 Å². The van der Waals surface area contributed by atoms with Crippen molar-refractivity contribution in [3.05, 3.63) is 0 Å². The summed E-state index contributed by atoms with van der Waals surface area (Å²) in [4.78, 5) is 51.3. The summed E-state index contributed by atoms with van der Waals surface area (Å²) in [5.41, 5.74) is 0. The zero-order valence-corrected chi connectivity index (χ0v) is 14.3. The average Bonchev–Trinajstić information content (AvgIpc) is 1.12. The smallest absolute Gasteiger partial charge is 0.822 e. The molecule has 0 spiro atoms. The summed E-state index contributed by atoms with van der Waals surface area (Å²) >= 11 is 0. The largest absolute Gasteiger partial charge is 2.00 e. The molecule has 0 aliphatic heterocycles. The Kier molecular flexibility index (Phi) is 39.6. The fourth-order valence-corrected chi connectivity index (χ4v) is 0. The van der Waals surface area contributed by atoms with Crippen molar-refractivity contribution >= 4 is 15.6 Å². The Morgan fingerprint density at radius 2 is 0.571 bits per heavy atom. The Hall–Kier alpha value is 2.40. The fourth-order valence-electron chi connectivity index (χ4n) is 0. The van der Waals surface area contributed by atoms with E-state index in [1.54, 1.807) is 0 Å². The molecule has 0 atom stereocenters. The van der Waals surface area contributed by atoms with Crippen LogP contribution in [0.4, 0.5) is 0 Å². The van der Waals surface area contributed by atoms with Gasteiger partial charge in [0.15, 0.2) is 0 Å². The quantitative estimate of drug-likeness (QED) is 0.275. The van der Waals surface area contributed by atoms with E-state index in [0.717, 1.165) is 0 Å².